The van der Waals surface area contributed by atoms with E-state index in [1.54, 1.807) is 0 Å². The lowest BCUT2D eigenvalue weighted by Crippen LogP contribution is -2.01. The first-order chi connectivity index (χ1) is 2.84. The third kappa shape index (κ3) is 1.61. The third-order valence-electron chi connectivity index (χ3n) is 1.14. The van der Waals surface area contributed by atoms with Gasteiger partial charge in [0.2, 0.25) is 0 Å². The lowest BCUT2D eigenvalue weighted by molar-refractivity contribution is 0.448. The summed E-state index contributed by atoms with van der Waals surface area (Å²) < 4.78 is 11.7. The van der Waals surface area contributed by atoms with E-state index in [4.69, 9.17) is 5.73 Å². The van der Waals surface area contributed by atoms with Gasteiger partial charge in [-0.1, -0.05) is 0 Å². The van der Waals surface area contributed by atoms with Gasteiger partial charge in [-0.3, -0.25) is 0 Å². The van der Waals surface area contributed by atoms with Gasteiger partial charge in [0.15, 0.2) is 0 Å². The molecule has 0 aromatic heterocycles. The molecule has 1 saturated carbocycles. The molecule has 44 valence electrons. The number of rotatable bonds is 1. The molecule has 1 nitrogen and oxygen atoms in total. The van der Waals surface area contributed by atoms with Crippen LogP contribution in [-0.4, -0.2) is 12.7 Å². The summed E-state index contributed by atoms with van der Waals surface area (Å²) in [6.07, 6.45) is 0.145. The van der Waals surface area contributed by atoms with Gasteiger partial charge in [0.05, 0.1) is 0 Å². The van der Waals surface area contributed by atoms with Crippen LogP contribution in [0.1, 0.15) is 6.42 Å². The standard InChI is InChI=1S/C4H8FN.ClH/c5-4-1-3(4)2-6;/h3-4H,1-2,6H2;1H/t3-,4+;/m1./s1. The molecule has 0 radical (unpaired) electrons. The molecule has 0 spiro atoms. The average molecular weight is 126 g/mol. The molecule has 3 heteroatoms. The van der Waals surface area contributed by atoms with Crippen molar-refractivity contribution in [1.29, 1.82) is 0 Å². The molecule has 0 unspecified atom stereocenters. The second-order valence-electron chi connectivity index (χ2n) is 1.75. The fourth-order valence-corrected chi connectivity index (χ4v) is 0.455. The Kier molecular flexibility index (Phi) is 2.54. The zero-order chi connectivity index (χ0) is 4.57. The highest BCUT2D eigenvalue weighted by Gasteiger charge is 2.35. The van der Waals surface area contributed by atoms with Crippen LogP contribution in [0.25, 0.3) is 0 Å². The van der Waals surface area contributed by atoms with E-state index in [1.807, 2.05) is 0 Å². The van der Waals surface area contributed by atoms with Gasteiger partial charge in [-0.25, -0.2) is 4.39 Å². The first-order valence-electron chi connectivity index (χ1n) is 2.18. The molecule has 0 aliphatic heterocycles. The fraction of sp³-hybridized carbons (Fsp3) is 1.00. The maximum absolute atomic E-state index is 11.7. The van der Waals surface area contributed by atoms with Crippen LogP contribution in [0.5, 0.6) is 0 Å². The highest BCUT2D eigenvalue weighted by atomic mass is 35.5. The average Bonchev–Trinajstić information content (AvgIpc) is 2.19. The molecule has 1 aliphatic rings. The van der Waals surface area contributed by atoms with Gasteiger partial charge in [0, 0.05) is 5.92 Å². The van der Waals surface area contributed by atoms with Crippen molar-refractivity contribution in [3.8, 4) is 0 Å². The summed E-state index contributed by atoms with van der Waals surface area (Å²) in [6.45, 7) is 0.529. The SMILES string of the molecule is Cl.NC[C@H]1C[C@@H]1F. The van der Waals surface area contributed by atoms with E-state index >= 15 is 0 Å². The van der Waals surface area contributed by atoms with Gasteiger partial charge in [-0.2, -0.15) is 0 Å². The summed E-state index contributed by atoms with van der Waals surface area (Å²) in [5.41, 5.74) is 5.08. The summed E-state index contributed by atoms with van der Waals surface area (Å²) in [4.78, 5) is 0. The Morgan fingerprint density at radius 1 is 1.71 bits per heavy atom. The normalized spacial score (nSPS) is 36.9. The lowest BCUT2D eigenvalue weighted by Gasteiger charge is -1.77. The molecule has 0 bridgehead atoms. The van der Waals surface area contributed by atoms with Crippen LogP contribution >= 0.6 is 12.4 Å². The first-order valence-corrected chi connectivity index (χ1v) is 2.18. The second kappa shape index (κ2) is 2.48. The zero-order valence-electron chi connectivity index (χ0n) is 3.93. The zero-order valence-corrected chi connectivity index (χ0v) is 4.75. The maximum atomic E-state index is 11.7. The van der Waals surface area contributed by atoms with Crippen molar-refractivity contribution in [3.63, 3.8) is 0 Å². The van der Waals surface area contributed by atoms with E-state index in [-0.39, 0.29) is 18.3 Å². The Hall–Kier alpha value is 0.180. The second-order valence-corrected chi connectivity index (χ2v) is 1.75. The summed E-state index contributed by atoms with van der Waals surface area (Å²) in [6, 6.07) is 0. The molecular weight excluding hydrogens is 117 g/mol. The number of halogens is 2. The summed E-state index contributed by atoms with van der Waals surface area (Å²) >= 11 is 0. The Bertz CT molecular complexity index is 57.7. The fourth-order valence-electron chi connectivity index (χ4n) is 0.455. The largest absolute Gasteiger partial charge is 0.330 e. The van der Waals surface area contributed by atoms with Crippen molar-refractivity contribution in [2.24, 2.45) is 11.7 Å². The summed E-state index contributed by atoms with van der Waals surface area (Å²) in [5, 5.41) is 0. The van der Waals surface area contributed by atoms with Crippen molar-refractivity contribution in [1.82, 2.24) is 0 Å². The van der Waals surface area contributed by atoms with Gasteiger partial charge in [-0.15, -0.1) is 12.4 Å². The first kappa shape index (κ1) is 7.18. The number of alkyl halides is 1. The van der Waals surface area contributed by atoms with E-state index in [1.165, 1.54) is 0 Å². The van der Waals surface area contributed by atoms with Crippen LogP contribution in [0.15, 0.2) is 0 Å². The molecule has 0 heterocycles. The summed E-state index contributed by atoms with van der Waals surface area (Å²) in [7, 11) is 0. The van der Waals surface area contributed by atoms with Gasteiger partial charge in [0.25, 0.3) is 0 Å². The Morgan fingerprint density at radius 2 is 2.14 bits per heavy atom. The highest BCUT2D eigenvalue weighted by Crippen LogP contribution is 2.31. The van der Waals surface area contributed by atoms with Crippen molar-refractivity contribution >= 4 is 12.4 Å². The molecule has 1 aliphatic carbocycles. The minimum absolute atomic E-state index is 0. The van der Waals surface area contributed by atoms with Crippen LogP contribution in [0, 0.1) is 5.92 Å². The van der Waals surface area contributed by atoms with Gasteiger partial charge in [-0.05, 0) is 13.0 Å². The molecule has 0 aromatic rings. The lowest BCUT2D eigenvalue weighted by atomic mass is 10.4. The number of nitrogens with two attached hydrogens (primary N) is 1. The minimum atomic E-state index is -0.560. The summed E-state index contributed by atoms with van der Waals surface area (Å²) in [5.74, 6) is 0.213. The van der Waals surface area contributed by atoms with Crippen LogP contribution in [-0.2, 0) is 0 Å². The quantitative estimate of drug-likeness (QED) is 0.549. The smallest absolute Gasteiger partial charge is 0.105 e. The molecule has 2 atom stereocenters. The van der Waals surface area contributed by atoms with Crippen molar-refractivity contribution in [3.05, 3.63) is 0 Å². The molecule has 2 N–H and O–H groups in total. The van der Waals surface area contributed by atoms with Gasteiger partial charge in [0.1, 0.15) is 6.17 Å². The van der Waals surface area contributed by atoms with Crippen LogP contribution in [0.4, 0.5) is 4.39 Å². The van der Waals surface area contributed by atoms with E-state index in [9.17, 15) is 4.39 Å². The predicted octanol–water partition coefficient (Wildman–Crippen LogP) is 0.725. The minimum Gasteiger partial charge on any atom is -0.330 e. The molecule has 1 fully saturated rings. The van der Waals surface area contributed by atoms with Gasteiger partial charge < -0.3 is 5.73 Å². The van der Waals surface area contributed by atoms with Crippen molar-refractivity contribution in [2.75, 3.05) is 6.54 Å². The van der Waals surface area contributed by atoms with Crippen molar-refractivity contribution < 1.29 is 4.39 Å². The molecule has 0 aromatic carbocycles. The molecule has 7 heavy (non-hydrogen) atoms. The molecular formula is C4H9ClFN. The van der Waals surface area contributed by atoms with Crippen LogP contribution < -0.4 is 5.73 Å². The maximum Gasteiger partial charge on any atom is 0.105 e. The highest BCUT2D eigenvalue weighted by molar-refractivity contribution is 5.85. The Morgan fingerprint density at radius 3 is 2.14 bits per heavy atom. The van der Waals surface area contributed by atoms with Crippen molar-refractivity contribution in [2.45, 2.75) is 12.6 Å². The van der Waals surface area contributed by atoms with E-state index in [0.717, 1.165) is 0 Å². The van der Waals surface area contributed by atoms with Crippen LogP contribution in [0.3, 0.4) is 0 Å². The topological polar surface area (TPSA) is 26.0 Å². The van der Waals surface area contributed by atoms with E-state index in [0.29, 0.717) is 13.0 Å². The number of hydrogen-bond acceptors (Lipinski definition) is 1. The monoisotopic (exact) mass is 125 g/mol. The predicted molar refractivity (Wildman–Crippen MR) is 29.3 cm³/mol. The Balaban J connectivity index is 0.000000360. The van der Waals surface area contributed by atoms with Crippen LogP contribution in [0.2, 0.25) is 0 Å². The number of hydrogen-bond donors (Lipinski definition) is 1. The molecule has 0 amide bonds. The van der Waals surface area contributed by atoms with E-state index < -0.39 is 6.17 Å². The van der Waals surface area contributed by atoms with Gasteiger partial charge >= 0.3 is 0 Å². The Labute approximate surface area is 48.5 Å². The third-order valence-corrected chi connectivity index (χ3v) is 1.14. The van der Waals surface area contributed by atoms with E-state index in [2.05, 4.69) is 0 Å². The molecule has 0 saturated heterocycles. The molecule has 1 rings (SSSR count).